The van der Waals surface area contributed by atoms with Gasteiger partial charge < -0.3 is 25.0 Å². The van der Waals surface area contributed by atoms with Crippen molar-refractivity contribution in [2.75, 3.05) is 51.5 Å². The summed E-state index contributed by atoms with van der Waals surface area (Å²) in [6.07, 6.45) is -0.112. The third-order valence-corrected chi connectivity index (χ3v) is 6.37. The summed E-state index contributed by atoms with van der Waals surface area (Å²) in [7, 11) is 5.48. The molecular weight excluding hydrogens is 456 g/mol. The average Bonchev–Trinajstić information content (AvgIpc) is 2.81. The van der Waals surface area contributed by atoms with Crippen molar-refractivity contribution in [3.63, 3.8) is 0 Å². The van der Waals surface area contributed by atoms with Gasteiger partial charge in [0.2, 0.25) is 0 Å². The molecule has 0 saturated heterocycles. The normalized spacial score (nSPS) is 22.1. The Kier molecular flexibility index (Phi) is 8.77. The second-order valence-electron chi connectivity index (χ2n) is 8.83. The molecule has 0 bridgehead atoms. The SMILES string of the molecule is CO[C@@H]1CN(C)C(=O)c2cc(NC(=O)Nc3ccc(Cl)cc3)ccc2OC[C@H](C)N(C)C[C@H]1C. The zero-order valence-corrected chi connectivity index (χ0v) is 21.1. The van der Waals surface area contributed by atoms with Crippen LogP contribution in [-0.2, 0) is 4.74 Å². The predicted octanol–water partition coefficient (Wildman–Crippen LogP) is 4.42. The van der Waals surface area contributed by atoms with Crippen molar-refractivity contribution in [2.24, 2.45) is 5.92 Å². The summed E-state index contributed by atoms with van der Waals surface area (Å²) in [5.74, 6) is 0.493. The molecule has 34 heavy (non-hydrogen) atoms. The summed E-state index contributed by atoms with van der Waals surface area (Å²) < 4.78 is 11.8. The fraction of sp³-hybridized carbons (Fsp3) is 0.440. The Labute approximate surface area is 206 Å². The number of rotatable bonds is 3. The van der Waals surface area contributed by atoms with Crippen LogP contribution in [0.3, 0.4) is 0 Å². The molecule has 184 valence electrons. The minimum atomic E-state index is -0.430. The van der Waals surface area contributed by atoms with Gasteiger partial charge in [0.1, 0.15) is 12.4 Å². The molecule has 0 aliphatic carbocycles. The highest BCUT2D eigenvalue weighted by atomic mass is 35.5. The average molecular weight is 489 g/mol. The second kappa shape index (κ2) is 11.6. The number of carbonyl (C=O) groups excluding carboxylic acids is 2. The minimum Gasteiger partial charge on any atom is -0.491 e. The van der Waals surface area contributed by atoms with Gasteiger partial charge in [0.15, 0.2) is 0 Å². The number of urea groups is 1. The number of carbonyl (C=O) groups is 2. The Morgan fingerprint density at radius 2 is 1.71 bits per heavy atom. The minimum absolute atomic E-state index is 0.112. The Bertz CT molecular complexity index is 1000. The Morgan fingerprint density at radius 1 is 1.06 bits per heavy atom. The van der Waals surface area contributed by atoms with E-state index in [0.717, 1.165) is 6.54 Å². The van der Waals surface area contributed by atoms with E-state index < -0.39 is 6.03 Å². The fourth-order valence-corrected chi connectivity index (χ4v) is 3.99. The summed E-state index contributed by atoms with van der Waals surface area (Å²) in [5, 5.41) is 6.11. The molecule has 0 spiro atoms. The number of methoxy groups -OCH3 is 1. The van der Waals surface area contributed by atoms with Crippen LogP contribution >= 0.6 is 11.6 Å². The quantitative estimate of drug-likeness (QED) is 0.668. The number of hydrogen-bond donors (Lipinski definition) is 2. The van der Waals surface area contributed by atoms with Crippen molar-refractivity contribution in [1.29, 1.82) is 0 Å². The van der Waals surface area contributed by atoms with Crippen molar-refractivity contribution in [3.8, 4) is 5.75 Å². The monoisotopic (exact) mass is 488 g/mol. The van der Waals surface area contributed by atoms with E-state index in [-0.39, 0.29) is 24.0 Å². The molecule has 0 aromatic heterocycles. The lowest BCUT2D eigenvalue weighted by Gasteiger charge is -2.34. The molecule has 1 aliphatic rings. The molecule has 9 heteroatoms. The van der Waals surface area contributed by atoms with E-state index in [9.17, 15) is 9.59 Å². The van der Waals surface area contributed by atoms with Crippen LogP contribution in [-0.4, -0.2) is 74.8 Å². The number of benzene rings is 2. The van der Waals surface area contributed by atoms with Crippen LogP contribution in [0.4, 0.5) is 16.2 Å². The highest BCUT2D eigenvalue weighted by Crippen LogP contribution is 2.26. The fourth-order valence-electron chi connectivity index (χ4n) is 3.86. The van der Waals surface area contributed by atoms with Gasteiger partial charge in [0.05, 0.1) is 11.7 Å². The van der Waals surface area contributed by atoms with Crippen LogP contribution in [0.25, 0.3) is 0 Å². The molecule has 2 aromatic rings. The van der Waals surface area contributed by atoms with Crippen LogP contribution in [0, 0.1) is 5.92 Å². The molecule has 0 saturated carbocycles. The lowest BCUT2D eigenvalue weighted by Crippen LogP contribution is -2.45. The number of likely N-dealkylation sites (N-methyl/N-ethyl adjacent to an activating group) is 2. The summed E-state index contributed by atoms with van der Waals surface area (Å²) in [6.45, 7) is 5.90. The number of nitrogens with one attached hydrogen (secondary N) is 2. The van der Waals surface area contributed by atoms with Gasteiger partial charge in [-0.3, -0.25) is 9.69 Å². The maximum atomic E-state index is 13.4. The lowest BCUT2D eigenvalue weighted by molar-refractivity contribution is 0.0150. The van der Waals surface area contributed by atoms with Crippen molar-refractivity contribution >= 4 is 34.9 Å². The predicted molar refractivity (Wildman–Crippen MR) is 135 cm³/mol. The first kappa shape index (κ1) is 25.8. The number of hydrogen-bond acceptors (Lipinski definition) is 5. The van der Waals surface area contributed by atoms with Crippen LogP contribution in [0.2, 0.25) is 5.02 Å². The van der Waals surface area contributed by atoms with Gasteiger partial charge in [-0.25, -0.2) is 4.79 Å². The Hall–Kier alpha value is -2.81. The lowest BCUT2D eigenvalue weighted by atomic mass is 10.0. The van der Waals surface area contributed by atoms with Gasteiger partial charge in [-0.2, -0.15) is 0 Å². The molecule has 0 radical (unpaired) electrons. The van der Waals surface area contributed by atoms with E-state index in [1.54, 1.807) is 61.5 Å². The van der Waals surface area contributed by atoms with E-state index in [1.165, 1.54) is 0 Å². The summed E-state index contributed by atoms with van der Waals surface area (Å²) in [4.78, 5) is 29.7. The van der Waals surface area contributed by atoms with Crippen LogP contribution in [0.5, 0.6) is 5.75 Å². The molecule has 3 amide bonds. The molecule has 1 aliphatic heterocycles. The highest BCUT2D eigenvalue weighted by molar-refractivity contribution is 6.30. The first-order valence-electron chi connectivity index (χ1n) is 11.3. The second-order valence-corrected chi connectivity index (χ2v) is 9.27. The summed E-state index contributed by atoms with van der Waals surface area (Å²) >= 11 is 5.89. The van der Waals surface area contributed by atoms with E-state index in [0.29, 0.717) is 40.9 Å². The number of fused-ring (bicyclic) bond motifs is 1. The van der Waals surface area contributed by atoms with Gasteiger partial charge in [0, 0.05) is 49.7 Å². The third-order valence-electron chi connectivity index (χ3n) is 6.12. The standard InChI is InChI=1S/C25H33ClN4O4/c1-16-13-29(3)17(2)15-34-22-11-10-20(12-21(22)24(31)30(4)14-23(16)33-5)28-25(32)27-19-8-6-18(26)7-9-19/h6-12,16-17,23H,13-15H2,1-5H3,(H2,27,28,32)/t16-,17+,23-/m1/s1. The van der Waals surface area contributed by atoms with E-state index in [1.807, 2.05) is 0 Å². The zero-order valence-electron chi connectivity index (χ0n) is 20.3. The smallest absolute Gasteiger partial charge is 0.323 e. The molecule has 2 N–H and O–H groups in total. The number of halogens is 1. The maximum absolute atomic E-state index is 13.4. The molecule has 8 nitrogen and oxygen atoms in total. The Morgan fingerprint density at radius 3 is 2.38 bits per heavy atom. The number of ether oxygens (including phenoxy) is 2. The van der Waals surface area contributed by atoms with Gasteiger partial charge in [0.25, 0.3) is 5.91 Å². The van der Waals surface area contributed by atoms with Gasteiger partial charge in [-0.1, -0.05) is 18.5 Å². The molecule has 0 fully saturated rings. The molecule has 3 rings (SSSR count). The third kappa shape index (κ3) is 6.62. The van der Waals surface area contributed by atoms with Gasteiger partial charge in [-0.15, -0.1) is 0 Å². The van der Waals surface area contributed by atoms with Crippen LogP contribution < -0.4 is 15.4 Å². The molecular formula is C25H33ClN4O4. The zero-order chi connectivity index (χ0) is 24.8. The van der Waals surface area contributed by atoms with E-state index in [4.69, 9.17) is 21.1 Å². The molecule has 1 heterocycles. The van der Waals surface area contributed by atoms with Gasteiger partial charge >= 0.3 is 6.03 Å². The number of nitrogens with zero attached hydrogens (tertiary/aromatic N) is 2. The van der Waals surface area contributed by atoms with Crippen LogP contribution in [0.1, 0.15) is 24.2 Å². The first-order chi connectivity index (χ1) is 16.2. The van der Waals surface area contributed by atoms with Crippen LogP contribution in [0.15, 0.2) is 42.5 Å². The first-order valence-corrected chi connectivity index (χ1v) is 11.6. The Balaban J connectivity index is 1.84. The summed E-state index contributed by atoms with van der Waals surface area (Å²) in [6, 6.07) is 11.6. The number of anilines is 2. The van der Waals surface area contributed by atoms with E-state index in [2.05, 4.69) is 36.4 Å². The van der Waals surface area contributed by atoms with Crippen molar-refractivity contribution in [1.82, 2.24) is 9.80 Å². The largest absolute Gasteiger partial charge is 0.491 e. The van der Waals surface area contributed by atoms with E-state index >= 15 is 0 Å². The maximum Gasteiger partial charge on any atom is 0.323 e. The molecule has 3 atom stereocenters. The van der Waals surface area contributed by atoms with Crippen molar-refractivity contribution in [3.05, 3.63) is 53.1 Å². The van der Waals surface area contributed by atoms with Gasteiger partial charge in [-0.05, 0) is 62.4 Å². The molecule has 2 aromatic carbocycles. The topological polar surface area (TPSA) is 83.1 Å². The highest BCUT2D eigenvalue weighted by Gasteiger charge is 2.27. The van der Waals surface area contributed by atoms with Crippen molar-refractivity contribution in [2.45, 2.75) is 26.0 Å². The summed E-state index contributed by atoms with van der Waals surface area (Å²) in [5.41, 5.74) is 1.46. The van der Waals surface area contributed by atoms with Crippen molar-refractivity contribution < 1.29 is 19.1 Å². The molecule has 0 unspecified atom stereocenters. The number of amides is 3.